The Labute approximate surface area is 224 Å². The number of nitrogens with zero attached hydrogens (tertiary/aromatic N) is 1. The van der Waals surface area contributed by atoms with Gasteiger partial charge < -0.3 is 32.3 Å². The molecule has 4 atom stereocenters. The Morgan fingerprint density at radius 1 is 0.895 bits per heavy atom. The number of hydrogen-bond donors (Lipinski definition) is 7. The van der Waals surface area contributed by atoms with Gasteiger partial charge in [0.1, 0.15) is 6.04 Å². The summed E-state index contributed by atoms with van der Waals surface area (Å²) in [5, 5.41) is 27.2. The normalized spacial score (nSPS) is 14.4. The van der Waals surface area contributed by atoms with Crippen LogP contribution in [0.3, 0.4) is 0 Å². The Hall–Kier alpha value is -3.80. The van der Waals surface area contributed by atoms with Crippen LogP contribution >= 0.6 is 0 Å². The topological polar surface area (TPSA) is 192 Å². The fourth-order valence-corrected chi connectivity index (χ4v) is 3.76. The van der Waals surface area contributed by atoms with E-state index in [1.807, 2.05) is 30.3 Å². The van der Waals surface area contributed by atoms with Gasteiger partial charge >= 0.3 is 5.97 Å². The van der Waals surface area contributed by atoms with Crippen LogP contribution < -0.4 is 27.4 Å². The fraction of sp³-hybridized carbons (Fsp3) is 0.407. The number of carbonyl (C=O) groups is 3. The highest BCUT2D eigenvalue weighted by Gasteiger charge is 2.27. The minimum Gasteiger partial charge on any atom is -0.480 e. The number of carboxylic acid groups (broad SMARTS) is 1. The van der Waals surface area contributed by atoms with E-state index in [0.717, 1.165) is 11.1 Å². The lowest BCUT2D eigenvalue weighted by molar-refractivity contribution is -0.139. The molecule has 0 saturated heterocycles. The highest BCUT2D eigenvalue weighted by atomic mass is 16.4. The molecule has 2 rings (SSSR count). The molecule has 1 unspecified atom stereocenters. The molecule has 0 bridgehead atoms. The van der Waals surface area contributed by atoms with Crippen molar-refractivity contribution in [2.45, 2.75) is 43.8 Å². The van der Waals surface area contributed by atoms with Gasteiger partial charge in [-0.25, -0.2) is 0 Å². The number of guanidine groups is 1. The van der Waals surface area contributed by atoms with Crippen LogP contribution in [0.4, 0.5) is 0 Å². The Morgan fingerprint density at radius 3 is 2.00 bits per heavy atom. The maximum Gasteiger partial charge on any atom is 0.321 e. The minimum atomic E-state index is -1.61. The summed E-state index contributed by atoms with van der Waals surface area (Å²) in [6.07, 6.45) is 0.848. The molecule has 1 amide bonds. The van der Waals surface area contributed by atoms with Gasteiger partial charge in [-0.1, -0.05) is 60.7 Å². The van der Waals surface area contributed by atoms with Gasteiger partial charge in [0, 0.05) is 13.1 Å². The number of amides is 1. The van der Waals surface area contributed by atoms with Crippen LogP contribution in [-0.2, 0) is 27.2 Å². The number of aliphatic carboxylic acids is 1. The zero-order valence-electron chi connectivity index (χ0n) is 22.3. The first-order valence-electron chi connectivity index (χ1n) is 13.0. The highest BCUT2D eigenvalue weighted by molar-refractivity contribution is 5.92. The number of Topliss-reactive ketones (excluding diaryl/α,β-unsaturated/α-hetero) is 1. The smallest absolute Gasteiger partial charge is 0.321 e. The van der Waals surface area contributed by atoms with E-state index < -0.39 is 42.3 Å². The molecule has 0 aliphatic heterocycles. The third kappa shape index (κ3) is 11.5. The third-order valence-corrected chi connectivity index (χ3v) is 5.71. The van der Waals surface area contributed by atoms with Crippen LogP contribution in [0.5, 0.6) is 0 Å². The second-order valence-electron chi connectivity index (χ2n) is 8.72. The first-order valence-corrected chi connectivity index (χ1v) is 12.4. The molecule has 0 heterocycles. The predicted molar refractivity (Wildman–Crippen MR) is 145 cm³/mol. The number of aliphatic imine (C=N–C) groups is 1. The maximum absolute atomic E-state index is 13.3. The van der Waals surface area contributed by atoms with Gasteiger partial charge in [-0.2, -0.15) is 0 Å². The van der Waals surface area contributed by atoms with Crippen molar-refractivity contribution in [1.82, 2.24) is 16.0 Å². The van der Waals surface area contributed by atoms with Gasteiger partial charge in [0.2, 0.25) is 5.91 Å². The number of aliphatic hydroxyl groups is 1. The van der Waals surface area contributed by atoms with Crippen molar-refractivity contribution in [3.63, 3.8) is 0 Å². The van der Waals surface area contributed by atoms with Crippen LogP contribution in [0.2, 0.25) is 0 Å². The molecule has 0 saturated carbocycles. The summed E-state index contributed by atoms with van der Waals surface area (Å²) in [4.78, 5) is 42.3. The SMILES string of the molecule is [2H]C(N[C@@H](Cc1ccccc1)C(=O)O)C(=O)[C@H](CCCN=C(N)N)NC(=O)[C@H](Cc1ccccc1)NCCO. The van der Waals surface area contributed by atoms with Gasteiger partial charge in [-0.15, -0.1) is 0 Å². The van der Waals surface area contributed by atoms with Crippen molar-refractivity contribution in [2.75, 3.05) is 26.2 Å². The number of nitrogens with one attached hydrogen (secondary N) is 3. The Balaban J connectivity index is 2.16. The van der Waals surface area contributed by atoms with Crippen molar-refractivity contribution in [3.05, 3.63) is 71.8 Å². The summed E-state index contributed by atoms with van der Waals surface area (Å²) in [5.41, 5.74) is 12.4. The lowest BCUT2D eigenvalue weighted by Crippen LogP contribution is -2.53. The van der Waals surface area contributed by atoms with E-state index in [1.54, 1.807) is 30.3 Å². The van der Waals surface area contributed by atoms with Crippen LogP contribution in [-0.4, -0.2) is 78.2 Å². The zero-order chi connectivity index (χ0) is 28.6. The van der Waals surface area contributed by atoms with E-state index in [-0.39, 0.29) is 38.5 Å². The number of benzene rings is 2. The van der Waals surface area contributed by atoms with E-state index in [9.17, 15) is 24.6 Å². The summed E-state index contributed by atoms with van der Waals surface area (Å²) >= 11 is 0. The van der Waals surface area contributed by atoms with Gasteiger partial charge in [-0.05, 0) is 36.8 Å². The summed E-state index contributed by atoms with van der Waals surface area (Å²) in [7, 11) is 0. The van der Waals surface area contributed by atoms with Gasteiger partial charge in [-0.3, -0.25) is 24.7 Å². The van der Waals surface area contributed by atoms with Crippen LogP contribution in [0, 0.1) is 0 Å². The first-order chi connectivity index (χ1) is 18.7. The van der Waals surface area contributed by atoms with Crippen molar-refractivity contribution in [2.24, 2.45) is 16.5 Å². The molecule has 0 aliphatic carbocycles. The quantitative estimate of drug-likeness (QED) is 0.0765. The van der Waals surface area contributed by atoms with E-state index in [1.165, 1.54) is 0 Å². The van der Waals surface area contributed by atoms with Crippen molar-refractivity contribution >= 4 is 23.6 Å². The van der Waals surface area contributed by atoms with Gasteiger partial charge in [0.05, 0.1) is 26.6 Å². The lowest BCUT2D eigenvalue weighted by atomic mass is 10.0. The second-order valence-corrected chi connectivity index (χ2v) is 8.72. The molecule has 206 valence electrons. The van der Waals surface area contributed by atoms with Gasteiger partial charge in [0.15, 0.2) is 11.7 Å². The Morgan fingerprint density at radius 2 is 1.47 bits per heavy atom. The van der Waals surface area contributed by atoms with Gasteiger partial charge in [0.25, 0.3) is 0 Å². The molecule has 0 fully saturated rings. The number of aliphatic hydroxyl groups excluding tert-OH is 1. The van der Waals surface area contributed by atoms with Crippen molar-refractivity contribution in [1.29, 1.82) is 0 Å². The fourth-order valence-electron chi connectivity index (χ4n) is 3.76. The molecular weight excluding hydrogens is 488 g/mol. The molecule has 9 N–H and O–H groups in total. The first kappa shape index (κ1) is 28.8. The number of rotatable bonds is 18. The molecule has 0 aromatic heterocycles. The summed E-state index contributed by atoms with van der Waals surface area (Å²) < 4.78 is 8.40. The number of ketones is 1. The summed E-state index contributed by atoms with van der Waals surface area (Å²) in [5.74, 6) is -2.48. The third-order valence-electron chi connectivity index (χ3n) is 5.71. The summed E-state index contributed by atoms with van der Waals surface area (Å²) in [6, 6.07) is 15.1. The highest BCUT2D eigenvalue weighted by Crippen LogP contribution is 2.07. The molecule has 2 aromatic carbocycles. The average molecular weight is 528 g/mol. The molecule has 38 heavy (non-hydrogen) atoms. The van der Waals surface area contributed by atoms with E-state index in [0.29, 0.717) is 12.8 Å². The summed E-state index contributed by atoms with van der Waals surface area (Å²) in [6.45, 7) is -1.42. The largest absolute Gasteiger partial charge is 0.480 e. The van der Waals surface area contributed by atoms with Crippen LogP contribution in [0.25, 0.3) is 0 Å². The number of hydrogen-bond acceptors (Lipinski definition) is 7. The molecular formula is C27H38N6O5. The zero-order valence-corrected chi connectivity index (χ0v) is 21.3. The molecule has 11 nitrogen and oxygen atoms in total. The average Bonchev–Trinajstić information content (AvgIpc) is 2.92. The molecule has 0 radical (unpaired) electrons. The maximum atomic E-state index is 13.3. The Bertz CT molecular complexity index is 1070. The van der Waals surface area contributed by atoms with E-state index in [2.05, 4.69) is 20.9 Å². The van der Waals surface area contributed by atoms with E-state index >= 15 is 0 Å². The number of nitrogens with two attached hydrogens (primary N) is 2. The van der Waals surface area contributed by atoms with Crippen molar-refractivity contribution < 1.29 is 26.0 Å². The molecule has 2 aromatic rings. The molecule has 0 spiro atoms. The van der Waals surface area contributed by atoms with E-state index in [4.69, 9.17) is 12.8 Å². The number of carbonyl (C=O) groups excluding carboxylic acids is 2. The molecule has 11 heteroatoms. The van der Waals surface area contributed by atoms with Crippen molar-refractivity contribution in [3.8, 4) is 0 Å². The van der Waals surface area contributed by atoms with Crippen LogP contribution in [0.1, 0.15) is 25.3 Å². The van der Waals surface area contributed by atoms with Crippen LogP contribution in [0.15, 0.2) is 65.7 Å². The minimum absolute atomic E-state index is 0.0740. The second kappa shape index (κ2) is 16.8. The number of carboxylic acids is 1. The monoisotopic (exact) mass is 527 g/mol. The standard InChI is InChI=1S/C27H38N6O5/c28-27(29)31-13-7-12-21(24(35)18-32-23(26(37)38)17-20-10-5-2-6-11-20)33-25(36)22(30-14-15-34)16-19-8-3-1-4-9-19/h1-6,8-11,21-23,30,32,34H,7,12-18H2,(H,33,36)(H,37,38)(H4,28,29,31)/t21-,22-,23-/m0/s1/i18D/t18?,21-,22-,23-. The lowest BCUT2D eigenvalue weighted by Gasteiger charge is -2.24. The predicted octanol–water partition coefficient (Wildman–Crippen LogP) is -0.427. The Kier molecular flexibility index (Phi) is 12.8. The molecule has 0 aliphatic rings.